The van der Waals surface area contributed by atoms with E-state index in [4.69, 9.17) is 22.1 Å². The number of hydrogen-bond donors (Lipinski definition) is 2. The van der Waals surface area contributed by atoms with Crippen LogP contribution >= 0.6 is 35.6 Å². The summed E-state index contributed by atoms with van der Waals surface area (Å²) in [6, 6.07) is 8.37. The molecule has 4 nitrogen and oxygen atoms in total. The molecule has 1 aromatic rings. The van der Waals surface area contributed by atoms with E-state index >= 15 is 0 Å². The molecule has 112 valence electrons. The summed E-state index contributed by atoms with van der Waals surface area (Å²) in [6.45, 7) is 2.62. The van der Waals surface area contributed by atoms with E-state index in [1.54, 1.807) is 7.11 Å². The summed E-state index contributed by atoms with van der Waals surface area (Å²) in [7, 11) is 1.67. The number of guanidine groups is 1. The van der Waals surface area contributed by atoms with Crippen LogP contribution in [0.25, 0.3) is 0 Å². The van der Waals surface area contributed by atoms with Gasteiger partial charge in [0.15, 0.2) is 5.96 Å². The van der Waals surface area contributed by atoms with Crippen LogP contribution in [0, 0.1) is 0 Å². The minimum absolute atomic E-state index is 0. The molecule has 1 aliphatic rings. The van der Waals surface area contributed by atoms with Crippen LogP contribution in [-0.2, 0) is 4.74 Å². The molecule has 0 aromatic heterocycles. The summed E-state index contributed by atoms with van der Waals surface area (Å²) in [6.07, 6.45) is 1.03. The number of hydrogen-bond acceptors (Lipinski definition) is 2. The molecule has 0 amide bonds. The molecule has 20 heavy (non-hydrogen) atoms. The van der Waals surface area contributed by atoms with Crippen LogP contribution in [0.5, 0.6) is 0 Å². The van der Waals surface area contributed by atoms with E-state index < -0.39 is 0 Å². The number of aliphatic imine (C=N–C) groups is 1. The van der Waals surface area contributed by atoms with Gasteiger partial charge < -0.3 is 15.8 Å². The largest absolute Gasteiger partial charge is 0.383 e. The van der Waals surface area contributed by atoms with Gasteiger partial charge in [-0.3, -0.25) is 0 Å². The molecule has 0 aliphatic heterocycles. The van der Waals surface area contributed by atoms with Crippen LogP contribution in [0.4, 0.5) is 0 Å². The molecule has 0 saturated heterocycles. The Hall–Kier alpha value is -0.530. The highest BCUT2D eigenvalue weighted by atomic mass is 127. The first-order valence-electron chi connectivity index (χ1n) is 6.44. The number of benzene rings is 1. The summed E-state index contributed by atoms with van der Waals surface area (Å²) < 4.78 is 5.04. The highest BCUT2D eigenvalue weighted by Crippen LogP contribution is 2.43. The van der Waals surface area contributed by atoms with E-state index in [9.17, 15) is 0 Å². The third kappa shape index (κ3) is 5.10. The van der Waals surface area contributed by atoms with Gasteiger partial charge in [-0.15, -0.1) is 24.0 Å². The Kier molecular flexibility index (Phi) is 7.05. The standard InChI is InChI=1S/C14H20ClN3O.HI/c1-9(8-19-2)17-14(16)18-13-7-12(13)10-4-3-5-11(15)6-10;/h3-6,9,12-13H,7-8H2,1-2H3,(H3,16,17,18);1H. The summed E-state index contributed by atoms with van der Waals surface area (Å²) >= 11 is 5.99. The number of nitrogens with zero attached hydrogens (tertiary/aromatic N) is 1. The lowest BCUT2D eigenvalue weighted by Gasteiger charge is -2.13. The lowest BCUT2D eigenvalue weighted by molar-refractivity contribution is 0.179. The zero-order valence-corrected chi connectivity index (χ0v) is 14.8. The fourth-order valence-electron chi connectivity index (χ4n) is 2.18. The number of nitrogens with one attached hydrogen (secondary N) is 1. The van der Waals surface area contributed by atoms with Crippen molar-refractivity contribution < 1.29 is 4.74 Å². The maximum absolute atomic E-state index is 5.99. The molecule has 0 spiro atoms. The number of ether oxygens (including phenoxy) is 1. The Labute approximate surface area is 142 Å². The monoisotopic (exact) mass is 409 g/mol. The summed E-state index contributed by atoms with van der Waals surface area (Å²) in [5.74, 6) is 0.927. The molecule has 3 N–H and O–H groups in total. The summed E-state index contributed by atoms with van der Waals surface area (Å²) in [5.41, 5.74) is 7.11. The van der Waals surface area contributed by atoms with E-state index in [0.717, 1.165) is 11.4 Å². The molecule has 0 heterocycles. The van der Waals surface area contributed by atoms with Crippen molar-refractivity contribution >= 4 is 41.5 Å². The molecule has 1 aliphatic carbocycles. The molecule has 6 heteroatoms. The Balaban J connectivity index is 0.00000200. The molecule has 1 fully saturated rings. The zero-order chi connectivity index (χ0) is 13.8. The molecular weight excluding hydrogens is 389 g/mol. The van der Waals surface area contributed by atoms with Gasteiger partial charge in [0.05, 0.1) is 12.6 Å². The van der Waals surface area contributed by atoms with Gasteiger partial charge in [-0.05, 0) is 31.0 Å². The SMILES string of the molecule is COCC(C)NC(N)=NC1CC1c1cccc(Cl)c1.I. The number of methoxy groups -OCH3 is 1. The van der Waals surface area contributed by atoms with Gasteiger partial charge in [0.25, 0.3) is 0 Å². The Morgan fingerprint density at radius 3 is 3.00 bits per heavy atom. The maximum atomic E-state index is 5.99. The first-order valence-corrected chi connectivity index (χ1v) is 6.82. The van der Waals surface area contributed by atoms with Crippen molar-refractivity contribution in [2.45, 2.75) is 31.3 Å². The normalized spacial score (nSPS) is 22.9. The third-order valence-electron chi connectivity index (χ3n) is 3.15. The number of rotatable bonds is 5. The van der Waals surface area contributed by atoms with E-state index in [-0.39, 0.29) is 36.1 Å². The Bertz CT molecular complexity index is 469. The van der Waals surface area contributed by atoms with E-state index in [2.05, 4.69) is 16.4 Å². The van der Waals surface area contributed by atoms with Gasteiger partial charge in [0, 0.05) is 24.1 Å². The van der Waals surface area contributed by atoms with E-state index in [1.165, 1.54) is 5.56 Å². The average molecular weight is 410 g/mol. The average Bonchev–Trinajstić information content (AvgIpc) is 3.08. The molecule has 2 rings (SSSR count). The second-order valence-electron chi connectivity index (χ2n) is 4.98. The fraction of sp³-hybridized carbons (Fsp3) is 0.500. The third-order valence-corrected chi connectivity index (χ3v) is 3.38. The second kappa shape index (κ2) is 8.05. The quantitative estimate of drug-likeness (QED) is 0.447. The predicted octanol–water partition coefficient (Wildman–Crippen LogP) is 2.75. The van der Waals surface area contributed by atoms with Crippen molar-refractivity contribution in [2.75, 3.05) is 13.7 Å². The van der Waals surface area contributed by atoms with E-state index in [0.29, 0.717) is 18.5 Å². The molecule has 1 saturated carbocycles. The number of nitrogens with two attached hydrogens (primary N) is 1. The van der Waals surface area contributed by atoms with Crippen molar-refractivity contribution in [3.05, 3.63) is 34.9 Å². The Morgan fingerprint density at radius 2 is 2.35 bits per heavy atom. The van der Waals surface area contributed by atoms with Gasteiger partial charge >= 0.3 is 0 Å². The lowest BCUT2D eigenvalue weighted by atomic mass is 10.1. The lowest BCUT2D eigenvalue weighted by Crippen LogP contribution is -2.40. The summed E-state index contributed by atoms with van der Waals surface area (Å²) in [4.78, 5) is 4.48. The fourth-order valence-corrected chi connectivity index (χ4v) is 2.38. The van der Waals surface area contributed by atoms with Gasteiger partial charge in [-0.2, -0.15) is 0 Å². The van der Waals surface area contributed by atoms with Gasteiger partial charge in [-0.25, -0.2) is 4.99 Å². The zero-order valence-electron chi connectivity index (χ0n) is 11.7. The van der Waals surface area contributed by atoms with Crippen molar-refractivity contribution in [2.24, 2.45) is 10.7 Å². The van der Waals surface area contributed by atoms with Crippen molar-refractivity contribution in [3.63, 3.8) is 0 Å². The van der Waals surface area contributed by atoms with Crippen LogP contribution in [0.15, 0.2) is 29.3 Å². The predicted molar refractivity (Wildman–Crippen MR) is 94.1 cm³/mol. The molecule has 3 atom stereocenters. The Morgan fingerprint density at radius 1 is 1.60 bits per heavy atom. The molecule has 3 unspecified atom stereocenters. The highest BCUT2D eigenvalue weighted by Gasteiger charge is 2.38. The molecule has 0 bridgehead atoms. The summed E-state index contributed by atoms with van der Waals surface area (Å²) in [5, 5.41) is 3.88. The second-order valence-corrected chi connectivity index (χ2v) is 5.42. The topological polar surface area (TPSA) is 59.6 Å². The van der Waals surface area contributed by atoms with Gasteiger partial charge in [0.2, 0.25) is 0 Å². The highest BCUT2D eigenvalue weighted by molar-refractivity contribution is 14.0. The first kappa shape index (κ1) is 17.5. The smallest absolute Gasteiger partial charge is 0.189 e. The van der Waals surface area contributed by atoms with Crippen LogP contribution in [-0.4, -0.2) is 31.8 Å². The van der Waals surface area contributed by atoms with Crippen LogP contribution < -0.4 is 11.1 Å². The molecule has 1 aromatic carbocycles. The maximum Gasteiger partial charge on any atom is 0.189 e. The van der Waals surface area contributed by atoms with Crippen molar-refractivity contribution in [1.82, 2.24) is 5.32 Å². The van der Waals surface area contributed by atoms with Crippen molar-refractivity contribution in [1.29, 1.82) is 0 Å². The van der Waals surface area contributed by atoms with Gasteiger partial charge in [0.1, 0.15) is 0 Å². The molecule has 0 radical (unpaired) electrons. The van der Waals surface area contributed by atoms with Crippen LogP contribution in [0.3, 0.4) is 0 Å². The first-order chi connectivity index (χ1) is 9.10. The minimum Gasteiger partial charge on any atom is -0.383 e. The van der Waals surface area contributed by atoms with E-state index in [1.807, 2.05) is 25.1 Å². The minimum atomic E-state index is 0. The van der Waals surface area contributed by atoms with Gasteiger partial charge in [-0.1, -0.05) is 23.7 Å². The number of halogens is 2. The van der Waals surface area contributed by atoms with Crippen LogP contribution in [0.2, 0.25) is 5.02 Å². The van der Waals surface area contributed by atoms with Crippen LogP contribution in [0.1, 0.15) is 24.8 Å². The molecular formula is C14H21ClIN3O. The van der Waals surface area contributed by atoms with Crippen molar-refractivity contribution in [3.8, 4) is 0 Å².